The molecule has 116 valence electrons. The van der Waals surface area contributed by atoms with Crippen LogP contribution in [0.1, 0.15) is 29.4 Å². The van der Waals surface area contributed by atoms with Gasteiger partial charge < -0.3 is 5.11 Å². The Hall–Kier alpha value is -0.960. The zero-order valence-corrected chi connectivity index (χ0v) is 13.4. The van der Waals surface area contributed by atoms with Crippen molar-refractivity contribution in [2.75, 3.05) is 19.6 Å². The Kier molecular flexibility index (Phi) is 3.81. The maximum atomic E-state index is 12.8. The first kappa shape index (κ1) is 15.0. The van der Waals surface area contributed by atoms with Crippen LogP contribution in [0.5, 0.6) is 0 Å². The van der Waals surface area contributed by atoms with E-state index in [1.165, 1.54) is 15.8 Å². The van der Waals surface area contributed by atoms with Crippen molar-refractivity contribution in [3.05, 3.63) is 16.3 Å². The summed E-state index contributed by atoms with van der Waals surface area (Å²) in [6.45, 7) is 4.09. The molecule has 0 radical (unpaired) electrons. The van der Waals surface area contributed by atoms with Gasteiger partial charge in [0.2, 0.25) is 10.0 Å². The molecule has 3 heterocycles. The Morgan fingerprint density at radius 1 is 1.43 bits per heavy atom. The third kappa shape index (κ3) is 2.50. The van der Waals surface area contributed by atoms with Gasteiger partial charge in [-0.2, -0.15) is 4.31 Å². The van der Waals surface area contributed by atoms with Crippen molar-refractivity contribution in [2.45, 2.75) is 36.7 Å². The first-order valence-electron chi connectivity index (χ1n) is 6.98. The third-order valence-electron chi connectivity index (χ3n) is 4.29. The van der Waals surface area contributed by atoms with E-state index in [1.54, 1.807) is 0 Å². The second-order valence-corrected chi connectivity index (χ2v) is 8.41. The summed E-state index contributed by atoms with van der Waals surface area (Å²) in [6, 6.07) is 1.53. The molecule has 2 aliphatic heterocycles. The van der Waals surface area contributed by atoms with E-state index in [-0.39, 0.29) is 21.9 Å². The maximum absolute atomic E-state index is 12.8. The zero-order chi connectivity index (χ0) is 15.2. The number of aromatic carboxylic acids is 1. The number of sulfonamides is 1. The van der Waals surface area contributed by atoms with Crippen LogP contribution in [0.15, 0.2) is 16.3 Å². The van der Waals surface area contributed by atoms with Gasteiger partial charge in [-0.25, -0.2) is 13.2 Å². The van der Waals surface area contributed by atoms with Gasteiger partial charge >= 0.3 is 5.97 Å². The van der Waals surface area contributed by atoms with Gasteiger partial charge in [0.1, 0.15) is 9.77 Å². The number of carboxylic acids is 1. The van der Waals surface area contributed by atoms with Crippen LogP contribution in [0, 0.1) is 0 Å². The molecule has 1 N–H and O–H groups in total. The lowest BCUT2D eigenvalue weighted by molar-refractivity contribution is 0.0697. The lowest BCUT2D eigenvalue weighted by Gasteiger charge is -2.41. The molecule has 2 unspecified atom stereocenters. The number of hydrogen-bond acceptors (Lipinski definition) is 5. The third-order valence-corrected chi connectivity index (χ3v) is 7.34. The number of carboxylic acid groups (broad SMARTS) is 1. The summed E-state index contributed by atoms with van der Waals surface area (Å²) < 4.78 is 27.1. The minimum atomic E-state index is -3.75. The van der Waals surface area contributed by atoms with E-state index in [2.05, 4.69) is 4.90 Å². The molecule has 2 saturated heterocycles. The first-order chi connectivity index (χ1) is 9.91. The van der Waals surface area contributed by atoms with Crippen LogP contribution >= 0.6 is 11.3 Å². The van der Waals surface area contributed by atoms with E-state index >= 15 is 0 Å². The molecule has 21 heavy (non-hydrogen) atoms. The minimum Gasteiger partial charge on any atom is -0.477 e. The van der Waals surface area contributed by atoms with Crippen LogP contribution in [0.25, 0.3) is 0 Å². The molecular formula is C13H18N2O4S2. The molecule has 0 amide bonds. The summed E-state index contributed by atoms with van der Waals surface area (Å²) in [7, 11) is -3.75. The maximum Gasteiger partial charge on any atom is 0.347 e. The molecule has 2 aliphatic rings. The molecule has 1 aromatic rings. The predicted octanol–water partition coefficient (Wildman–Crippen LogP) is 1.30. The summed E-state index contributed by atoms with van der Waals surface area (Å²) in [5, 5.41) is 10.7. The number of rotatable bonds is 3. The van der Waals surface area contributed by atoms with Gasteiger partial charge in [-0.1, -0.05) is 0 Å². The van der Waals surface area contributed by atoms with Crippen molar-refractivity contribution >= 4 is 27.3 Å². The van der Waals surface area contributed by atoms with Gasteiger partial charge in [0.15, 0.2) is 0 Å². The van der Waals surface area contributed by atoms with E-state index < -0.39 is 16.0 Å². The summed E-state index contributed by atoms with van der Waals surface area (Å²) in [5.41, 5.74) is 0. The Labute approximate surface area is 128 Å². The van der Waals surface area contributed by atoms with Crippen molar-refractivity contribution in [1.82, 2.24) is 9.21 Å². The highest BCUT2D eigenvalue weighted by molar-refractivity contribution is 7.89. The van der Waals surface area contributed by atoms with Gasteiger partial charge in [0.05, 0.1) is 0 Å². The van der Waals surface area contributed by atoms with Crippen LogP contribution in [0.3, 0.4) is 0 Å². The molecule has 3 rings (SSSR count). The Bertz CT molecular complexity index is 655. The molecule has 2 atom stereocenters. The number of thiophene rings is 1. The lowest BCUT2D eigenvalue weighted by Crippen LogP contribution is -2.56. The van der Waals surface area contributed by atoms with Crippen molar-refractivity contribution in [3.8, 4) is 0 Å². The Balaban J connectivity index is 1.94. The molecule has 0 aliphatic carbocycles. The van der Waals surface area contributed by atoms with Gasteiger partial charge in [0, 0.05) is 25.2 Å². The summed E-state index contributed by atoms with van der Waals surface area (Å²) in [4.78, 5) is 13.4. The molecule has 2 fully saturated rings. The average molecular weight is 330 g/mol. The average Bonchev–Trinajstić information content (AvgIpc) is 3.05. The summed E-state index contributed by atoms with van der Waals surface area (Å²) in [5.74, 6) is -1.18. The molecule has 6 nitrogen and oxygen atoms in total. The van der Waals surface area contributed by atoms with Crippen LogP contribution in [0.2, 0.25) is 0 Å². The molecular weight excluding hydrogens is 312 g/mol. The van der Waals surface area contributed by atoms with E-state index in [9.17, 15) is 13.2 Å². The second kappa shape index (κ2) is 5.35. The van der Waals surface area contributed by atoms with Crippen molar-refractivity contribution in [1.29, 1.82) is 0 Å². The normalized spacial score (nSPS) is 27.7. The highest BCUT2D eigenvalue weighted by atomic mass is 32.2. The zero-order valence-electron chi connectivity index (χ0n) is 11.7. The monoisotopic (exact) mass is 330 g/mol. The van der Waals surface area contributed by atoms with Gasteiger partial charge in [-0.05, 0) is 37.8 Å². The highest BCUT2D eigenvalue weighted by Gasteiger charge is 2.41. The fraction of sp³-hybridized carbons (Fsp3) is 0.615. The fourth-order valence-electron chi connectivity index (χ4n) is 3.28. The van der Waals surface area contributed by atoms with Crippen LogP contribution in [-0.2, 0) is 10.0 Å². The quantitative estimate of drug-likeness (QED) is 0.904. The smallest absolute Gasteiger partial charge is 0.347 e. The van der Waals surface area contributed by atoms with Crippen LogP contribution in [-0.4, -0.2) is 60.4 Å². The molecule has 1 aromatic heterocycles. The van der Waals surface area contributed by atoms with Gasteiger partial charge in [0.25, 0.3) is 0 Å². The fourth-order valence-corrected chi connectivity index (χ4v) is 6.17. The lowest BCUT2D eigenvalue weighted by atomic mass is 10.1. The Morgan fingerprint density at radius 3 is 2.90 bits per heavy atom. The summed E-state index contributed by atoms with van der Waals surface area (Å²) in [6.07, 6.45) is 2.11. The molecule has 0 saturated carbocycles. The molecule has 0 spiro atoms. The van der Waals surface area contributed by atoms with Gasteiger partial charge in [-0.3, -0.25) is 4.90 Å². The van der Waals surface area contributed by atoms with Crippen molar-refractivity contribution in [3.63, 3.8) is 0 Å². The summed E-state index contributed by atoms with van der Waals surface area (Å²) >= 11 is 0.953. The largest absolute Gasteiger partial charge is 0.477 e. The second-order valence-electron chi connectivity index (χ2n) is 5.63. The van der Waals surface area contributed by atoms with Crippen molar-refractivity contribution in [2.24, 2.45) is 0 Å². The SMILES string of the molecule is CC1CN2CCCC2CN1S(=O)(=O)c1ccsc1C(=O)O. The van der Waals surface area contributed by atoms with E-state index in [1.807, 2.05) is 6.92 Å². The first-order valence-corrected chi connectivity index (χ1v) is 9.30. The number of fused-ring (bicyclic) bond motifs is 1. The highest BCUT2D eigenvalue weighted by Crippen LogP contribution is 2.31. The predicted molar refractivity (Wildman–Crippen MR) is 79.2 cm³/mol. The standard InChI is InChI=1S/C13H18N2O4S2/c1-9-7-14-5-2-3-10(14)8-15(9)21(18,19)11-4-6-20-12(11)13(16)17/h4,6,9-10H,2-3,5,7-8H2,1H3,(H,16,17). The number of carbonyl (C=O) groups is 1. The number of piperazine rings is 1. The topological polar surface area (TPSA) is 77.9 Å². The van der Waals surface area contributed by atoms with E-state index in [0.29, 0.717) is 6.54 Å². The number of hydrogen-bond donors (Lipinski definition) is 1. The van der Waals surface area contributed by atoms with E-state index in [4.69, 9.17) is 5.11 Å². The Morgan fingerprint density at radius 2 is 2.19 bits per heavy atom. The number of nitrogens with zero attached hydrogens (tertiary/aromatic N) is 2. The van der Waals surface area contributed by atoms with Crippen LogP contribution in [0.4, 0.5) is 0 Å². The molecule has 0 aromatic carbocycles. The molecule has 8 heteroatoms. The molecule has 0 bridgehead atoms. The van der Waals surface area contributed by atoms with Gasteiger partial charge in [-0.15, -0.1) is 11.3 Å². The van der Waals surface area contributed by atoms with Crippen molar-refractivity contribution < 1.29 is 18.3 Å². The minimum absolute atomic E-state index is 0.0710. The van der Waals surface area contributed by atoms with E-state index in [0.717, 1.165) is 37.3 Å². The van der Waals surface area contributed by atoms with Crippen LogP contribution < -0.4 is 0 Å².